The van der Waals surface area contributed by atoms with Gasteiger partial charge in [0, 0.05) is 9.50 Å². The van der Waals surface area contributed by atoms with Gasteiger partial charge in [-0.2, -0.15) is 0 Å². The van der Waals surface area contributed by atoms with Gasteiger partial charge in [0.2, 0.25) is 0 Å². The van der Waals surface area contributed by atoms with Crippen molar-refractivity contribution in [2.75, 3.05) is 5.32 Å². The van der Waals surface area contributed by atoms with Crippen LogP contribution in [0.2, 0.25) is 5.02 Å². The van der Waals surface area contributed by atoms with Crippen LogP contribution in [0.1, 0.15) is 21.6 Å². The summed E-state index contributed by atoms with van der Waals surface area (Å²) >= 11 is 9.54. The van der Waals surface area contributed by atoms with Gasteiger partial charge in [-0.05, 0) is 59.6 Å². The molecule has 1 heterocycles. The Hall–Kier alpha value is -1.59. The third-order valence-corrected chi connectivity index (χ3v) is 3.89. The number of nitrogens with one attached hydrogen (secondary N) is 1. The van der Waals surface area contributed by atoms with E-state index in [0.29, 0.717) is 16.5 Å². The average molecular weight is 356 g/mol. The number of anilines is 2. The van der Waals surface area contributed by atoms with Crippen LogP contribution in [0.4, 0.5) is 11.5 Å². The van der Waals surface area contributed by atoms with Gasteiger partial charge in [-0.15, -0.1) is 0 Å². The van der Waals surface area contributed by atoms with Gasteiger partial charge in [-0.3, -0.25) is 0 Å². The van der Waals surface area contributed by atoms with E-state index in [4.69, 9.17) is 16.7 Å². The molecule has 0 aliphatic heterocycles. The molecule has 0 radical (unpaired) electrons. The van der Waals surface area contributed by atoms with Crippen LogP contribution in [0, 0.1) is 13.8 Å². The molecular formula is C14H12BrClN2O2. The van der Waals surface area contributed by atoms with Crippen molar-refractivity contribution in [2.24, 2.45) is 0 Å². The number of hydrogen-bond acceptors (Lipinski definition) is 3. The molecule has 2 rings (SSSR count). The number of aryl methyl sites for hydroxylation is 2. The summed E-state index contributed by atoms with van der Waals surface area (Å²) in [6, 6.07) is 6.85. The molecule has 0 saturated heterocycles. The van der Waals surface area contributed by atoms with Gasteiger partial charge in [-0.25, -0.2) is 9.78 Å². The number of aromatic carboxylic acids is 1. The van der Waals surface area contributed by atoms with E-state index in [1.54, 1.807) is 19.1 Å². The van der Waals surface area contributed by atoms with Crippen LogP contribution in [0.3, 0.4) is 0 Å². The van der Waals surface area contributed by atoms with Crippen molar-refractivity contribution in [1.82, 2.24) is 4.98 Å². The molecule has 0 bridgehead atoms. The fourth-order valence-corrected chi connectivity index (χ4v) is 2.46. The second kappa shape index (κ2) is 5.81. The van der Waals surface area contributed by atoms with Crippen LogP contribution < -0.4 is 5.32 Å². The quantitative estimate of drug-likeness (QED) is 0.847. The van der Waals surface area contributed by atoms with Gasteiger partial charge in [0.25, 0.3) is 0 Å². The molecule has 2 aromatic rings. The lowest BCUT2D eigenvalue weighted by molar-refractivity contribution is 0.0695. The average Bonchev–Trinajstić information content (AvgIpc) is 2.35. The minimum atomic E-state index is -0.985. The van der Waals surface area contributed by atoms with Crippen molar-refractivity contribution >= 4 is 45.0 Å². The SMILES string of the molecule is Cc1cc(Br)c(Nc2ccc(C(=O)O)c(C)n2)cc1Cl. The van der Waals surface area contributed by atoms with E-state index in [9.17, 15) is 4.79 Å². The Bertz CT molecular complexity index is 689. The first kappa shape index (κ1) is 14.8. The number of halogens is 2. The Kier molecular flexibility index (Phi) is 4.30. The molecule has 0 aliphatic carbocycles. The highest BCUT2D eigenvalue weighted by Gasteiger charge is 2.10. The van der Waals surface area contributed by atoms with Gasteiger partial charge in [0.15, 0.2) is 0 Å². The van der Waals surface area contributed by atoms with E-state index < -0.39 is 5.97 Å². The zero-order chi connectivity index (χ0) is 14.9. The van der Waals surface area contributed by atoms with Gasteiger partial charge in [0.1, 0.15) is 5.82 Å². The van der Waals surface area contributed by atoms with Crippen LogP contribution in [-0.2, 0) is 0 Å². The summed E-state index contributed by atoms with van der Waals surface area (Å²) in [6.45, 7) is 3.58. The number of carbonyl (C=O) groups is 1. The second-order valence-corrected chi connectivity index (χ2v) is 5.60. The van der Waals surface area contributed by atoms with Gasteiger partial charge in [0.05, 0.1) is 16.9 Å². The van der Waals surface area contributed by atoms with Crippen molar-refractivity contribution in [1.29, 1.82) is 0 Å². The first-order valence-corrected chi connectivity index (χ1v) is 6.99. The maximum atomic E-state index is 10.9. The van der Waals surface area contributed by atoms with E-state index in [2.05, 4.69) is 26.2 Å². The number of benzene rings is 1. The summed E-state index contributed by atoms with van der Waals surface area (Å²) in [5.41, 5.74) is 2.39. The molecule has 1 aromatic heterocycles. The van der Waals surface area contributed by atoms with Crippen LogP contribution in [-0.4, -0.2) is 16.1 Å². The lowest BCUT2D eigenvalue weighted by Gasteiger charge is -2.11. The van der Waals surface area contributed by atoms with Crippen molar-refractivity contribution in [2.45, 2.75) is 13.8 Å². The Morgan fingerprint density at radius 3 is 2.65 bits per heavy atom. The normalized spacial score (nSPS) is 10.4. The van der Waals surface area contributed by atoms with Gasteiger partial charge in [-0.1, -0.05) is 11.6 Å². The molecule has 6 heteroatoms. The summed E-state index contributed by atoms with van der Waals surface area (Å²) in [5, 5.41) is 12.7. The highest BCUT2D eigenvalue weighted by atomic mass is 79.9. The second-order valence-electron chi connectivity index (χ2n) is 4.34. The molecule has 0 unspecified atom stereocenters. The Balaban J connectivity index is 2.33. The molecule has 4 nitrogen and oxygen atoms in total. The molecule has 0 saturated carbocycles. The Morgan fingerprint density at radius 1 is 1.35 bits per heavy atom. The first-order valence-electron chi connectivity index (χ1n) is 5.82. The molecule has 20 heavy (non-hydrogen) atoms. The highest BCUT2D eigenvalue weighted by molar-refractivity contribution is 9.10. The fraction of sp³-hybridized carbons (Fsp3) is 0.143. The number of nitrogens with zero attached hydrogens (tertiary/aromatic N) is 1. The minimum absolute atomic E-state index is 0.191. The third-order valence-electron chi connectivity index (χ3n) is 2.83. The summed E-state index contributed by atoms with van der Waals surface area (Å²) in [5.74, 6) is -0.422. The lowest BCUT2D eigenvalue weighted by Crippen LogP contribution is -2.04. The topological polar surface area (TPSA) is 62.2 Å². The molecule has 0 atom stereocenters. The molecular weight excluding hydrogens is 344 g/mol. The van der Waals surface area contributed by atoms with Crippen molar-refractivity contribution in [3.8, 4) is 0 Å². The fourth-order valence-electron chi connectivity index (χ4n) is 1.74. The molecule has 1 aromatic carbocycles. The van der Waals surface area contributed by atoms with E-state index in [1.165, 1.54) is 6.07 Å². The maximum Gasteiger partial charge on any atom is 0.337 e. The summed E-state index contributed by atoms with van der Waals surface area (Å²) in [4.78, 5) is 15.2. The monoisotopic (exact) mass is 354 g/mol. The zero-order valence-electron chi connectivity index (χ0n) is 10.9. The van der Waals surface area contributed by atoms with Crippen LogP contribution in [0.15, 0.2) is 28.7 Å². The molecule has 0 amide bonds. The maximum absolute atomic E-state index is 10.9. The van der Waals surface area contributed by atoms with Gasteiger partial charge < -0.3 is 10.4 Å². The molecule has 2 N–H and O–H groups in total. The van der Waals surface area contributed by atoms with E-state index in [1.807, 2.05) is 13.0 Å². The number of carboxylic acids is 1. The largest absolute Gasteiger partial charge is 0.478 e. The van der Waals surface area contributed by atoms with E-state index >= 15 is 0 Å². The third kappa shape index (κ3) is 3.11. The number of aromatic nitrogens is 1. The number of rotatable bonds is 3. The number of pyridine rings is 1. The molecule has 0 fully saturated rings. The Morgan fingerprint density at radius 2 is 2.05 bits per heavy atom. The predicted molar refractivity (Wildman–Crippen MR) is 83.1 cm³/mol. The van der Waals surface area contributed by atoms with Crippen molar-refractivity contribution < 1.29 is 9.90 Å². The summed E-state index contributed by atoms with van der Waals surface area (Å²) in [7, 11) is 0. The number of carboxylic acid groups (broad SMARTS) is 1. The smallest absolute Gasteiger partial charge is 0.337 e. The first-order chi connectivity index (χ1) is 9.38. The van der Waals surface area contributed by atoms with E-state index in [0.717, 1.165) is 15.7 Å². The van der Waals surface area contributed by atoms with Crippen LogP contribution in [0.5, 0.6) is 0 Å². The minimum Gasteiger partial charge on any atom is -0.478 e. The van der Waals surface area contributed by atoms with Crippen LogP contribution >= 0.6 is 27.5 Å². The summed E-state index contributed by atoms with van der Waals surface area (Å²) in [6.07, 6.45) is 0. The zero-order valence-corrected chi connectivity index (χ0v) is 13.2. The highest BCUT2D eigenvalue weighted by Crippen LogP contribution is 2.31. The lowest BCUT2D eigenvalue weighted by atomic mass is 10.2. The van der Waals surface area contributed by atoms with Gasteiger partial charge >= 0.3 is 5.97 Å². The van der Waals surface area contributed by atoms with E-state index in [-0.39, 0.29) is 5.56 Å². The molecule has 0 spiro atoms. The number of hydrogen-bond donors (Lipinski definition) is 2. The van der Waals surface area contributed by atoms with Crippen molar-refractivity contribution in [3.05, 3.63) is 50.6 Å². The standard InChI is InChI=1S/C14H12BrClN2O2/c1-7-5-10(15)12(6-11(7)16)18-13-4-3-9(14(19)20)8(2)17-13/h3-6H,1-2H3,(H,17,18)(H,19,20). The summed E-state index contributed by atoms with van der Waals surface area (Å²) < 4.78 is 0.862. The van der Waals surface area contributed by atoms with Crippen LogP contribution in [0.25, 0.3) is 0 Å². The Labute approximate surface area is 129 Å². The molecule has 0 aliphatic rings. The molecule has 104 valence electrons. The van der Waals surface area contributed by atoms with Crippen molar-refractivity contribution in [3.63, 3.8) is 0 Å². The predicted octanol–water partition coefficient (Wildman–Crippen LogP) is 4.56.